The lowest BCUT2D eigenvalue weighted by Crippen LogP contribution is -2.01. The molecule has 0 aromatic heterocycles. The maximum Gasteiger partial charge on any atom is 0.313 e. The molecule has 1 aliphatic carbocycles. The number of rotatable bonds is 4. The number of carboxylic acids is 1. The monoisotopic (exact) mass is 284 g/mol. The highest BCUT2D eigenvalue weighted by Gasteiger charge is 2.19. The minimum atomic E-state index is -0.754. The van der Waals surface area contributed by atoms with Crippen LogP contribution in [0.25, 0.3) is 11.1 Å². The van der Waals surface area contributed by atoms with Gasteiger partial charge in [-0.2, -0.15) is 0 Å². The van der Waals surface area contributed by atoms with Crippen molar-refractivity contribution in [2.45, 2.75) is 18.6 Å². The van der Waals surface area contributed by atoms with Gasteiger partial charge in [-0.05, 0) is 41.2 Å². The van der Waals surface area contributed by atoms with E-state index in [1.54, 1.807) is 0 Å². The molecule has 0 amide bonds. The summed E-state index contributed by atoms with van der Waals surface area (Å²) in [6.45, 7) is 2.07. The van der Waals surface area contributed by atoms with Gasteiger partial charge in [0.15, 0.2) is 0 Å². The van der Waals surface area contributed by atoms with Gasteiger partial charge in [0.1, 0.15) is 0 Å². The lowest BCUT2D eigenvalue weighted by Gasteiger charge is -2.12. The van der Waals surface area contributed by atoms with E-state index < -0.39 is 5.97 Å². The Morgan fingerprint density at radius 2 is 1.95 bits per heavy atom. The first-order chi connectivity index (χ1) is 9.65. The summed E-state index contributed by atoms with van der Waals surface area (Å²) in [5.41, 5.74) is 6.60. The second-order valence-corrected chi connectivity index (χ2v) is 6.43. The molecular formula is C17H16O2S. The molecule has 0 saturated carbocycles. The highest BCUT2D eigenvalue weighted by Crippen LogP contribution is 2.39. The van der Waals surface area contributed by atoms with Crippen LogP contribution >= 0.6 is 11.8 Å². The Labute approximate surface area is 122 Å². The lowest BCUT2D eigenvalue weighted by molar-refractivity contribution is -0.133. The number of aliphatic carboxylic acids is 1. The Hall–Kier alpha value is -1.74. The molecule has 0 aliphatic heterocycles. The van der Waals surface area contributed by atoms with E-state index in [1.165, 1.54) is 39.6 Å². The van der Waals surface area contributed by atoms with E-state index in [0.29, 0.717) is 0 Å². The summed E-state index contributed by atoms with van der Waals surface area (Å²) in [5.74, 6) is -0.603. The van der Waals surface area contributed by atoms with E-state index in [9.17, 15) is 4.79 Å². The molecule has 3 rings (SSSR count). The van der Waals surface area contributed by atoms with E-state index in [4.69, 9.17) is 5.11 Å². The SMILES string of the molecule is CC(SCC(=O)O)c1ccc2c(c1)Cc1ccccc1-2. The molecule has 0 saturated heterocycles. The number of fused-ring (bicyclic) bond motifs is 3. The molecular weight excluding hydrogens is 268 g/mol. The highest BCUT2D eigenvalue weighted by atomic mass is 32.2. The first-order valence-corrected chi connectivity index (χ1v) is 7.74. The van der Waals surface area contributed by atoms with Crippen molar-refractivity contribution < 1.29 is 9.90 Å². The third kappa shape index (κ3) is 2.46. The average Bonchev–Trinajstić information content (AvgIpc) is 2.82. The Morgan fingerprint density at radius 3 is 2.75 bits per heavy atom. The van der Waals surface area contributed by atoms with Crippen LogP contribution in [0, 0.1) is 0 Å². The van der Waals surface area contributed by atoms with Crippen LogP contribution in [0.2, 0.25) is 0 Å². The smallest absolute Gasteiger partial charge is 0.313 e. The summed E-state index contributed by atoms with van der Waals surface area (Å²) in [6.07, 6.45) is 0.982. The fraction of sp³-hybridized carbons (Fsp3) is 0.235. The zero-order valence-corrected chi connectivity index (χ0v) is 12.1. The second kappa shape index (κ2) is 5.33. The normalized spacial score (nSPS) is 13.7. The summed E-state index contributed by atoms with van der Waals surface area (Å²) in [6, 6.07) is 15.0. The molecule has 20 heavy (non-hydrogen) atoms. The van der Waals surface area contributed by atoms with Crippen molar-refractivity contribution in [1.82, 2.24) is 0 Å². The van der Waals surface area contributed by atoms with Gasteiger partial charge < -0.3 is 5.11 Å². The van der Waals surface area contributed by atoms with Crippen LogP contribution in [0.15, 0.2) is 42.5 Å². The maximum absolute atomic E-state index is 10.7. The summed E-state index contributed by atoms with van der Waals surface area (Å²) in [5, 5.41) is 8.97. The van der Waals surface area contributed by atoms with E-state index >= 15 is 0 Å². The van der Waals surface area contributed by atoms with Gasteiger partial charge in [0, 0.05) is 5.25 Å². The fourth-order valence-electron chi connectivity index (χ4n) is 2.71. The molecule has 0 bridgehead atoms. The average molecular weight is 284 g/mol. The number of thioether (sulfide) groups is 1. The molecule has 3 heteroatoms. The van der Waals surface area contributed by atoms with Crippen molar-refractivity contribution in [2.75, 3.05) is 5.75 Å². The van der Waals surface area contributed by atoms with Crippen molar-refractivity contribution >= 4 is 17.7 Å². The number of hydrogen-bond acceptors (Lipinski definition) is 2. The van der Waals surface area contributed by atoms with Crippen LogP contribution < -0.4 is 0 Å². The second-order valence-electron chi connectivity index (χ2n) is 5.10. The molecule has 0 spiro atoms. The first-order valence-electron chi connectivity index (χ1n) is 6.69. The standard InChI is InChI=1S/C17H16O2S/c1-11(20-10-17(18)19)12-6-7-16-14(8-12)9-13-4-2-3-5-15(13)16/h2-8,11H,9-10H2,1H3,(H,18,19). The topological polar surface area (TPSA) is 37.3 Å². The fourth-order valence-corrected chi connectivity index (χ4v) is 3.44. The Bertz CT molecular complexity index is 664. The van der Waals surface area contributed by atoms with Crippen LogP contribution in [-0.2, 0) is 11.2 Å². The minimum absolute atomic E-state index is 0.151. The van der Waals surface area contributed by atoms with Gasteiger partial charge in [0.05, 0.1) is 5.75 Å². The van der Waals surface area contributed by atoms with E-state index in [-0.39, 0.29) is 11.0 Å². The Morgan fingerprint density at radius 1 is 1.20 bits per heavy atom. The van der Waals surface area contributed by atoms with Gasteiger partial charge in [-0.1, -0.05) is 42.5 Å². The Balaban J connectivity index is 1.85. The third-order valence-corrected chi connectivity index (χ3v) is 4.93. The molecule has 0 radical (unpaired) electrons. The molecule has 0 fully saturated rings. The summed E-state index contributed by atoms with van der Waals surface area (Å²) in [7, 11) is 0. The quantitative estimate of drug-likeness (QED) is 0.782. The number of carbonyl (C=O) groups is 1. The van der Waals surface area contributed by atoms with Crippen LogP contribution in [0.5, 0.6) is 0 Å². The van der Waals surface area contributed by atoms with Crippen molar-refractivity contribution in [3.63, 3.8) is 0 Å². The number of carboxylic acid groups (broad SMARTS) is 1. The zero-order valence-electron chi connectivity index (χ0n) is 11.3. The molecule has 1 N–H and O–H groups in total. The first kappa shape index (κ1) is 13.3. The molecule has 2 nitrogen and oxygen atoms in total. The van der Waals surface area contributed by atoms with Crippen molar-refractivity contribution in [3.05, 3.63) is 59.2 Å². The largest absolute Gasteiger partial charge is 0.481 e. The number of benzene rings is 2. The van der Waals surface area contributed by atoms with E-state index in [2.05, 4.69) is 49.4 Å². The van der Waals surface area contributed by atoms with Crippen LogP contribution in [0.1, 0.15) is 28.9 Å². The molecule has 2 aromatic carbocycles. The molecule has 0 heterocycles. The van der Waals surface area contributed by atoms with Crippen molar-refractivity contribution in [2.24, 2.45) is 0 Å². The minimum Gasteiger partial charge on any atom is -0.481 e. The summed E-state index contributed by atoms with van der Waals surface area (Å²) < 4.78 is 0. The van der Waals surface area contributed by atoms with Gasteiger partial charge in [-0.3, -0.25) is 4.79 Å². The van der Waals surface area contributed by atoms with E-state index in [0.717, 1.165) is 6.42 Å². The zero-order chi connectivity index (χ0) is 14.1. The van der Waals surface area contributed by atoms with Crippen LogP contribution in [-0.4, -0.2) is 16.8 Å². The van der Waals surface area contributed by atoms with Gasteiger partial charge in [-0.25, -0.2) is 0 Å². The molecule has 1 unspecified atom stereocenters. The van der Waals surface area contributed by atoms with Crippen LogP contribution in [0.4, 0.5) is 0 Å². The van der Waals surface area contributed by atoms with E-state index in [1.807, 2.05) is 0 Å². The van der Waals surface area contributed by atoms with Gasteiger partial charge in [-0.15, -0.1) is 11.8 Å². The maximum atomic E-state index is 10.7. The molecule has 2 aromatic rings. The lowest BCUT2D eigenvalue weighted by atomic mass is 10.0. The summed E-state index contributed by atoms with van der Waals surface area (Å²) >= 11 is 1.47. The van der Waals surface area contributed by atoms with Crippen molar-refractivity contribution in [3.8, 4) is 11.1 Å². The molecule has 102 valence electrons. The van der Waals surface area contributed by atoms with Gasteiger partial charge in [0.25, 0.3) is 0 Å². The highest BCUT2D eigenvalue weighted by molar-refractivity contribution is 8.00. The predicted molar refractivity (Wildman–Crippen MR) is 83.2 cm³/mol. The number of hydrogen-bond donors (Lipinski definition) is 1. The van der Waals surface area contributed by atoms with Gasteiger partial charge in [0.2, 0.25) is 0 Å². The summed E-state index contributed by atoms with van der Waals surface area (Å²) in [4.78, 5) is 10.7. The van der Waals surface area contributed by atoms with Crippen molar-refractivity contribution in [1.29, 1.82) is 0 Å². The molecule has 1 aliphatic rings. The van der Waals surface area contributed by atoms with Crippen LogP contribution in [0.3, 0.4) is 0 Å². The Kier molecular flexibility index (Phi) is 3.53. The van der Waals surface area contributed by atoms with Gasteiger partial charge >= 0.3 is 5.97 Å². The molecule has 1 atom stereocenters. The predicted octanol–water partition coefficient (Wildman–Crippen LogP) is 4.14. The third-order valence-electron chi connectivity index (χ3n) is 3.74.